The molecule has 3 rings (SSSR count). The van der Waals surface area contributed by atoms with Crippen LogP contribution >= 0.6 is 11.8 Å². The predicted octanol–water partition coefficient (Wildman–Crippen LogP) is 5.82. The second kappa shape index (κ2) is 8.37. The fourth-order valence-corrected chi connectivity index (χ4v) is 3.88. The molecule has 0 aliphatic carbocycles. The molecule has 138 valence electrons. The lowest BCUT2D eigenvalue weighted by atomic mass is 10.0. The fourth-order valence-electron chi connectivity index (χ4n) is 2.89. The molecule has 0 aromatic heterocycles. The molecular weight excluding hydrogens is 368 g/mol. The fraction of sp³-hybridized carbons (Fsp3) is 0.208. The van der Waals surface area contributed by atoms with Crippen molar-refractivity contribution in [1.82, 2.24) is 0 Å². The van der Waals surface area contributed by atoms with Gasteiger partial charge in [0.15, 0.2) is 5.78 Å². The second-order valence-corrected chi connectivity index (χ2v) is 9.76. The molecule has 0 spiro atoms. The number of ketones is 1. The summed E-state index contributed by atoms with van der Waals surface area (Å²) >= 11 is 5.45. The van der Waals surface area contributed by atoms with Gasteiger partial charge in [-0.3, -0.25) is 4.79 Å². The zero-order valence-electron chi connectivity index (χ0n) is 16.0. The molecule has 0 heterocycles. The van der Waals surface area contributed by atoms with Crippen LogP contribution in [0.1, 0.15) is 40.9 Å². The van der Waals surface area contributed by atoms with Gasteiger partial charge >= 0.3 is 0 Å². The zero-order valence-corrected chi connectivity index (χ0v) is 17.8. The number of benzene rings is 3. The van der Waals surface area contributed by atoms with Gasteiger partial charge in [-0.05, 0) is 63.2 Å². The van der Waals surface area contributed by atoms with Gasteiger partial charge in [-0.2, -0.15) is 0 Å². The van der Waals surface area contributed by atoms with Crippen molar-refractivity contribution in [2.24, 2.45) is 0 Å². The van der Waals surface area contributed by atoms with Crippen LogP contribution in [-0.2, 0) is 23.8 Å². The molecule has 27 heavy (non-hydrogen) atoms. The summed E-state index contributed by atoms with van der Waals surface area (Å²) in [5.41, 5.74) is 4.26. The maximum absolute atomic E-state index is 12.5. The molecule has 0 amide bonds. The van der Waals surface area contributed by atoms with E-state index in [4.69, 9.17) is 0 Å². The highest BCUT2D eigenvalue weighted by Gasteiger charge is 2.20. The van der Waals surface area contributed by atoms with Crippen LogP contribution < -0.4 is 0 Å². The van der Waals surface area contributed by atoms with E-state index in [1.807, 2.05) is 49.4 Å². The van der Waals surface area contributed by atoms with E-state index in [9.17, 15) is 4.79 Å². The molecular formula is C24H25OS2+. The van der Waals surface area contributed by atoms with Crippen LogP contribution in [0.3, 0.4) is 0 Å². The minimum atomic E-state index is -0.0253. The van der Waals surface area contributed by atoms with Crippen LogP contribution in [0.2, 0.25) is 0 Å². The third kappa shape index (κ3) is 5.50. The molecule has 0 fully saturated rings. The minimum absolute atomic E-state index is 0.0253. The molecule has 3 aromatic rings. The van der Waals surface area contributed by atoms with Gasteiger partial charge in [-0.15, -0.1) is 0 Å². The molecule has 0 aliphatic rings. The van der Waals surface area contributed by atoms with Gasteiger partial charge in [-0.25, -0.2) is 0 Å². The van der Waals surface area contributed by atoms with Gasteiger partial charge in [0.25, 0.3) is 0 Å². The first-order valence-electron chi connectivity index (χ1n) is 9.03. The highest BCUT2D eigenvalue weighted by molar-refractivity contribution is 7.99. The van der Waals surface area contributed by atoms with Crippen LogP contribution in [0.15, 0.2) is 82.6 Å². The Morgan fingerprint density at radius 2 is 1.52 bits per heavy atom. The first kappa shape index (κ1) is 19.8. The van der Waals surface area contributed by atoms with Crippen molar-refractivity contribution in [3.63, 3.8) is 0 Å². The van der Waals surface area contributed by atoms with Crippen molar-refractivity contribution >= 4 is 30.2 Å². The Hall–Kier alpha value is -1.97. The average molecular weight is 394 g/mol. The Bertz CT molecular complexity index is 920. The number of carbonyl (C=O) groups is 1. The number of carbonyl (C=O) groups excluding carboxylic acids is 1. The largest absolute Gasteiger partial charge is 0.294 e. The minimum Gasteiger partial charge on any atom is -0.294 e. The normalized spacial score (nSPS) is 11.4. The van der Waals surface area contributed by atoms with Crippen molar-refractivity contribution in [3.8, 4) is 0 Å². The number of aryl methyl sites for hydroxylation is 1. The third-order valence-electron chi connectivity index (χ3n) is 4.44. The topological polar surface area (TPSA) is 17.1 Å². The van der Waals surface area contributed by atoms with E-state index in [1.54, 1.807) is 11.8 Å². The zero-order chi connectivity index (χ0) is 19.4. The predicted molar refractivity (Wildman–Crippen MR) is 119 cm³/mol. The molecule has 0 radical (unpaired) electrons. The summed E-state index contributed by atoms with van der Waals surface area (Å²) in [4.78, 5) is 14.8. The summed E-state index contributed by atoms with van der Waals surface area (Å²) < 4.78 is -0.0253. The molecule has 0 unspecified atom stereocenters. The van der Waals surface area contributed by atoms with Crippen LogP contribution in [0.5, 0.6) is 0 Å². The summed E-state index contributed by atoms with van der Waals surface area (Å²) in [5.74, 6) is 0.154. The van der Waals surface area contributed by atoms with Crippen molar-refractivity contribution < 1.29 is 4.79 Å². The molecule has 0 saturated heterocycles. The molecule has 1 nitrogen and oxygen atoms in total. The molecule has 3 aromatic carbocycles. The van der Waals surface area contributed by atoms with E-state index >= 15 is 0 Å². The van der Waals surface area contributed by atoms with Gasteiger partial charge in [0.05, 0.1) is 0 Å². The lowest BCUT2D eigenvalue weighted by molar-refractivity contribution is 0.0993. The van der Waals surface area contributed by atoms with Crippen molar-refractivity contribution in [2.75, 3.05) is 0 Å². The first-order valence-corrected chi connectivity index (χ1v) is 10.4. The van der Waals surface area contributed by atoms with E-state index in [0.29, 0.717) is 6.42 Å². The first-order chi connectivity index (χ1) is 12.8. The van der Waals surface area contributed by atoms with Gasteiger partial charge in [0, 0.05) is 27.3 Å². The molecule has 0 atom stereocenters. The van der Waals surface area contributed by atoms with Crippen LogP contribution in [-0.4, -0.2) is 5.78 Å². The summed E-state index contributed by atoms with van der Waals surface area (Å²) in [6.45, 7) is 6.32. The Morgan fingerprint density at radius 1 is 0.926 bits per heavy atom. The van der Waals surface area contributed by atoms with Crippen LogP contribution in [0, 0.1) is 6.92 Å². The number of hydrogen-bond acceptors (Lipinski definition) is 2. The lowest BCUT2D eigenvalue weighted by Crippen LogP contribution is -2.11. The molecule has 0 saturated carbocycles. The lowest BCUT2D eigenvalue weighted by Gasteiger charge is -2.12. The van der Waals surface area contributed by atoms with Crippen molar-refractivity contribution in [3.05, 3.63) is 95.1 Å². The maximum atomic E-state index is 12.5. The highest BCUT2D eigenvalue weighted by Crippen LogP contribution is 2.30. The molecule has 3 heteroatoms. The molecule has 0 N–H and O–H groups in total. The van der Waals surface area contributed by atoms with Crippen LogP contribution in [0.4, 0.5) is 0 Å². The number of Topliss-reactive ketones (excluding diaryl/α,β-unsaturated/α-hetero) is 1. The quantitative estimate of drug-likeness (QED) is 0.388. The van der Waals surface area contributed by atoms with Gasteiger partial charge < -0.3 is 0 Å². The summed E-state index contributed by atoms with van der Waals surface area (Å²) in [6, 6.07) is 24.6. The monoisotopic (exact) mass is 393 g/mol. The summed E-state index contributed by atoms with van der Waals surface area (Å²) in [6.07, 6.45) is 0.442. The Morgan fingerprint density at radius 3 is 2.07 bits per heavy atom. The standard InChI is InChI=1S/C24H24OS2/c1-17-5-4-6-18(15-17)16-23(25)19-7-11-21(12-8-19)27-22-13-9-20(10-14-22)24(2,3)26/h4-15,26H,16H2,1-3H3/p+1. The van der Waals surface area contributed by atoms with Crippen molar-refractivity contribution in [1.29, 1.82) is 0 Å². The summed E-state index contributed by atoms with van der Waals surface area (Å²) in [5, 5.41) is 0. The Labute approximate surface area is 171 Å². The van der Waals surface area contributed by atoms with E-state index in [1.165, 1.54) is 16.0 Å². The van der Waals surface area contributed by atoms with Gasteiger partial charge in [0.1, 0.15) is 4.75 Å². The van der Waals surface area contributed by atoms with Crippen molar-refractivity contribution in [2.45, 2.75) is 41.7 Å². The summed E-state index contributed by atoms with van der Waals surface area (Å²) in [7, 11) is 0. The molecule has 0 aliphatic heterocycles. The SMILES string of the molecule is Cc1cccc(CC(=O)c2ccc(Sc3ccc(C(C)(C)[SH2+])cc3)cc2)c1. The number of hydrogen-bond donors (Lipinski definition) is 0. The van der Waals surface area contributed by atoms with Gasteiger partial charge in [0.2, 0.25) is 0 Å². The van der Waals surface area contributed by atoms with Crippen LogP contribution in [0.25, 0.3) is 0 Å². The Balaban J connectivity index is 1.65. The van der Waals surface area contributed by atoms with E-state index in [-0.39, 0.29) is 10.5 Å². The molecule has 0 bridgehead atoms. The third-order valence-corrected chi connectivity index (χ3v) is 5.74. The van der Waals surface area contributed by atoms with E-state index in [0.717, 1.165) is 16.0 Å². The smallest absolute Gasteiger partial charge is 0.167 e. The maximum Gasteiger partial charge on any atom is 0.167 e. The second-order valence-electron chi connectivity index (χ2n) is 7.36. The highest BCUT2D eigenvalue weighted by atomic mass is 32.2. The van der Waals surface area contributed by atoms with E-state index in [2.05, 4.69) is 56.8 Å². The Kier molecular flexibility index (Phi) is 6.13. The number of rotatable bonds is 6. The van der Waals surface area contributed by atoms with E-state index < -0.39 is 0 Å². The van der Waals surface area contributed by atoms with Gasteiger partial charge in [-0.1, -0.05) is 65.9 Å². The average Bonchev–Trinajstić information content (AvgIpc) is 2.62.